The van der Waals surface area contributed by atoms with Crippen LogP contribution in [0.3, 0.4) is 0 Å². The number of hydrogen-bond acceptors (Lipinski definition) is 3. The van der Waals surface area contributed by atoms with Gasteiger partial charge < -0.3 is 15.7 Å². The molecule has 0 aromatic rings. The third kappa shape index (κ3) is 3.48. The number of carboxylic acids is 1. The summed E-state index contributed by atoms with van der Waals surface area (Å²) in [7, 11) is 0. The molecule has 1 aliphatic rings. The molecule has 0 radical (unpaired) electrons. The number of carboxylic acid groups (broad SMARTS) is 1. The Morgan fingerprint density at radius 2 is 2.06 bits per heavy atom. The third-order valence-corrected chi connectivity index (χ3v) is 2.86. The standard InChI is InChI=1S/C11H20N2O3/c1-7(2)9(11(15)16)13-10(14)8-5-3-4-6-12-8/h7-9,12H,3-6H2,1-2H3,(H,13,14)(H,15,16)/t8-,9+/m1/s1. The predicted molar refractivity (Wildman–Crippen MR) is 60.0 cm³/mol. The van der Waals surface area contributed by atoms with Crippen molar-refractivity contribution in [2.24, 2.45) is 5.92 Å². The quantitative estimate of drug-likeness (QED) is 0.649. The van der Waals surface area contributed by atoms with E-state index in [2.05, 4.69) is 10.6 Å². The smallest absolute Gasteiger partial charge is 0.326 e. The minimum absolute atomic E-state index is 0.106. The number of rotatable bonds is 4. The first-order chi connectivity index (χ1) is 7.52. The maximum absolute atomic E-state index is 11.8. The number of amides is 1. The molecular weight excluding hydrogens is 208 g/mol. The first-order valence-corrected chi connectivity index (χ1v) is 5.79. The molecule has 0 aliphatic carbocycles. The van der Waals surface area contributed by atoms with Crippen molar-refractivity contribution >= 4 is 11.9 Å². The van der Waals surface area contributed by atoms with Crippen molar-refractivity contribution in [2.45, 2.75) is 45.2 Å². The molecule has 0 aromatic carbocycles. The molecule has 0 spiro atoms. The van der Waals surface area contributed by atoms with Gasteiger partial charge in [0.05, 0.1) is 6.04 Å². The van der Waals surface area contributed by atoms with Crippen molar-refractivity contribution in [3.63, 3.8) is 0 Å². The Morgan fingerprint density at radius 3 is 2.50 bits per heavy atom. The van der Waals surface area contributed by atoms with Crippen molar-refractivity contribution in [2.75, 3.05) is 6.54 Å². The highest BCUT2D eigenvalue weighted by molar-refractivity contribution is 5.87. The zero-order valence-electron chi connectivity index (χ0n) is 9.82. The second kappa shape index (κ2) is 5.84. The van der Waals surface area contributed by atoms with Gasteiger partial charge in [0.25, 0.3) is 0 Å². The van der Waals surface area contributed by atoms with Gasteiger partial charge in [-0.2, -0.15) is 0 Å². The molecule has 0 saturated carbocycles. The summed E-state index contributed by atoms with van der Waals surface area (Å²) in [4.78, 5) is 22.7. The Bertz CT molecular complexity index is 260. The van der Waals surface area contributed by atoms with Gasteiger partial charge in [0.1, 0.15) is 6.04 Å². The fourth-order valence-electron chi connectivity index (χ4n) is 1.84. The summed E-state index contributed by atoms with van der Waals surface area (Å²) < 4.78 is 0. The lowest BCUT2D eigenvalue weighted by atomic mass is 10.0. The van der Waals surface area contributed by atoms with E-state index in [0.717, 1.165) is 25.8 Å². The van der Waals surface area contributed by atoms with Crippen LogP contribution in [0.5, 0.6) is 0 Å². The Balaban J connectivity index is 2.50. The van der Waals surface area contributed by atoms with Crippen LogP contribution in [0.15, 0.2) is 0 Å². The lowest BCUT2D eigenvalue weighted by Gasteiger charge is -2.25. The van der Waals surface area contributed by atoms with Crippen LogP contribution in [0.25, 0.3) is 0 Å². The maximum atomic E-state index is 11.8. The van der Waals surface area contributed by atoms with E-state index >= 15 is 0 Å². The van der Waals surface area contributed by atoms with Crippen molar-refractivity contribution in [1.29, 1.82) is 0 Å². The van der Waals surface area contributed by atoms with Crippen LogP contribution in [0.2, 0.25) is 0 Å². The van der Waals surface area contributed by atoms with Gasteiger partial charge in [-0.25, -0.2) is 4.79 Å². The monoisotopic (exact) mass is 228 g/mol. The number of nitrogens with one attached hydrogen (secondary N) is 2. The van der Waals surface area contributed by atoms with Crippen LogP contribution >= 0.6 is 0 Å². The molecule has 1 rings (SSSR count). The second-order valence-electron chi connectivity index (χ2n) is 4.57. The molecule has 0 aromatic heterocycles. The maximum Gasteiger partial charge on any atom is 0.326 e. The summed E-state index contributed by atoms with van der Waals surface area (Å²) in [5.74, 6) is -1.27. The summed E-state index contributed by atoms with van der Waals surface area (Å²) in [5, 5.41) is 14.6. The van der Waals surface area contributed by atoms with E-state index in [9.17, 15) is 9.59 Å². The average Bonchev–Trinajstić information content (AvgIpc) is 2.25. The molecule has 3 N–H and O–H groups in total. The Kier molecular flexibility index (Phi) is 4.73. The number of carbonyl (C=O) groups is 2. The SMILES string of the molecule is CC(C)[C@H](NC(=O)[C@H]1CCCCN1)C(=O)O. The van der Waals surface area contributed by atoms with Crippen molar-refractivity contribution < 1.29 is 14.7 Å². The normalized spacial score (nSPS) is 22.8. The largest absolute Gasteiger partial charge is 0.480 e. The molecule has 5 heteroatoms. The summed E-state index contributed by atoms with van der Waals surface area (Å²) in [6.07, 6.45) is 2.89. The molecule has 1 amide bonds. The van der Waals surface area contributed by atoms with Gasteiger partial charge in [-0.15, -0.1) is 0 Å². The Hall–Kier alpha value is -1.10. The molecule has 92 valence electrons. The van der Waals surface area contributed by atoms with E-state index in [-0.39, 0.29) is 17.9 Å². The molecule has 1 heterocycles. The van der Waals surface area contributed by atoms with E-state index < -0.39 is 12.0 Å². The van der Waals surface area contributed by atoms with Gasteiger partial charge in [0, 0.05) is 0 Å². The first-order valence-electron chi connectivity index (χ1n) is 5.79. The predicted octanol–water partition coefficient (Wildman–Crippen LogP) is 0.354. The minimum Gasteiger partial charge on any atom is -0.480 e. The van der Waals surface area contributed by atoms with E-state index in [4.69, 9.17) is 5.11 Å². The van der Waals surface area contributed by atoms with E-state index in [1.807, 2.05) is 0 Å². The second-order valence-corrected chi connectivity index (χ2v) is 4.57. The average molecular weight is 228 g/mol. The fraction of sp³-hybridized carbons (Fsp3) is 0.818. The highest BCUT2D eigenvalue weighted by Gasteiger charge is 2.27. The Labute approximate surface area is 95.6 Å². The fourth-order valence-corrected chi connectivity index (χ4v) is 1.84. The van der Waals surface area contributed by atoms with Gasteiger partial charge in [-0.05, 0) is 25.3 Å². The number of carbonyl (C=O) groups excluding carboxylic acids is 1. The van der Waals surface area contributed by atoms with Gasteiger partial charge in [0.15, 0.2) is 0 Å². The lowest BCUT2D eigenvalue weighted by Crippen LogP contribution is -2.53. The molecule has 1 fully saturated rings. The van der Waals surface area contributed by atoms with E-state index in [1.165, 1.54) is 0 Å². The number of piperidine rings is 1. The molecule has 0 bridgehead atoms. The van der Waals surface area contributed by atoms with Crippen LogP contribution < -0.4 is 10.6 Å². The molecule has 1 saturated heterocycles. The topological polar surface area (TPSA) is 78.4 Å². The summed E-state index contributed by atoms with van der Waals surface area (Å²) >= 11 is 0. The minimum atomic E-state index is -0.973. The van der Waals surface area contributed by atoms with E-state index in [0.29, 0.717) is 0 Å². The van der Waals surface area contributed by atoms with Gasteiger partial charge in [-0.1, -0.05) is 20.3 Å². The molecular formula is C11H20N2O3. The zero-order chi connectivity index (χ0) is 12.1. The summed E-state index contributed by atoms with van der Waals surface area (Å²) in [6.45, 7) is 4.40. The Morgan fingerprint density at radius 1 is 1.38 bits per heavy atom. The lowest BCUT2D eigenvalue weighted by molar-refractivity contribution is -0.143. The molecule has 2 atom stereocenters. The van der Waals surface area contributed by atoms with Gasteiger partial charge in [0.2, 0.25) is 5.91 Å². The van der Waals surface area contributed by atoms with Crippen molar-refractivity contribution in [1.82, 2.24) is 10.6 Å². The summed E-state index contributed by atoms with van der Waals surface area (Å²) in [6, 6.07) is -1.02. The summed E-state index contributed by atoms with van der Waals surface area (Å²) in [5.41, 5.74) is 0. The van der Waals surface area contributed by atoms with Crippen LogP contribution in [0, 0.1) is 5.92 Å². The highest BCUT2D eigenvalue weighted by Crippen LogP contribution is 2.08. The number of hydrogen-bond donors (Lipinski definition) is 3. The molecule has 16 heavy (non-hydrogen) atoms. The van der Waals surface area contributed by atoms with Crippen molar-refractivity contribution in [3.05, 3.63) is 0 Å². The van der Waals surface area contributed by atoms with Gasteiger partial charge >= 0.3 is 5.97 Å². The van der Waals surface area contributed by atoms with E-state index in [1.54, 1.807) is 13.8 Å². The number of aliphatic carboxylic acids is 1. The van der Waals surface area contributed by atoms with Crippen LogP contribution in [-0.2, 0) is 9.59 Å². The van der Waals surface area contributed by atoms with Crippen LogP contribution in [-0.4, -0.2) is 35.6 Å². The zero-order valence-corrected chi connectivity index (χ0v) is 9.82. The third-order valence-electron chi connectivity index (χ3n) is 2.86. The first kappa shape index (κ1) is 13.0. The van der Waals surface area contributed by atoms with Gasteiger partial charge in [-0.3, -0.25) is 4.79 Å². The molecule has 5 nitrogen and oxygen atoms in total. The molecule has 1 aliphatic heterocycles. The van der Waals surface area contributed by atoms with Crippen LogP contribution in [0.1, 0.15) is 33.1 Å². The van der Waals surface area contributed by atoms with Crippen molar-refractivity contribution in [3.8, 4) is 0 Å². The molecule has 0 unspecified atom stereocenters. The highest BCUT2D eigenvalue weighted by atomic mass is 16.4. The van der Waals surface area contributed by atoms with Crippen LogP contribution in [0.4, 0.5) is 0 Å².